The lowest BCUT2D eigenvalue weighted by Crippen LogP contribution is -2.21. The van der Waals surface area contributed by atoms with Gasteiger partial charge >= 0.3 is 5.97 Å². The number of carbonyl (C=O) groups is 1. The maximum absolute atomic E-state index is 10.9. The molecule has 2 aromatic heterocycles. The quantitative estimate of drug-likeness (QED) is 0.883. The zero-order valence-corrected chi connectivity index (χ0v) is 10.1. The third-order valence-electron chi connectivity index (χ3n) is 3.91. The molecule has 0 unspecified atom stereocenters. The van der Waals surface area contributed by atoms with E-state index in [1.165, 1.54) is 0 Å². The second-order valence-corrected chi connectivity index (χ2v) is 5.00. The van der Waals surface area contributed by atoms with Crippen LogP contribution in [0.3, 0.4) is 0 Å². The van der Waals surface area contributed by atoms with Crippen LogP contribution in [0.15, 0.2) is 30.6 Å². The second-order valence-electron chi connectivity index (χ2n) is 5.00. The highest BCUT2D eigenvalue weighted by Crippen LogP contribution is 2.35. The van der Waals surface area contributed by atoms with Crippen LogP contribution in [0, 0.1) is 5.92 Å². The Morgan fingerprint density at radius 2 is 2.06 bits per heavy atom. The van der Waals surface area contributed by atoms with Crippen LogP contribution in [-0.2, 0) is 4.79 Å². The minimum absolute atomic E-state index is 0.160. The Hall–Kier alpha value is -1.84. The first-order chi connectivity index (χ1) is 8.75. The van der Waals surface area contributed by atoms with Crippen molar-refractivity contribution in [3.05, 3.63) is 36.4 Å². The first kappa shape index (κ1) is 11.3. The smallest absolute Gasteiger partial charge is 0.306 e. The number of nitrogens with zero attached hydrogens (tertiary/aromatic N) is 2. The Morgan fingerprint density at radius 1 is 1.28 bits per heavy atom. The SMILES string of the molecule is O=C(O)C1CCC(c2ncc3ccccn23)CC1. The molecule has 2 aromatic rings. The highest BCUT2D eigenvalue weighted by molar-refractivity contribution is 5.70. The molecule has 1 fully saturated rings. The van der Waals surface area contributed by atoms with Gasteiger partial charge in [0.15, 0.2) is 0 Å². The molecule has 18 heavy (non-hydrogen) atoms. The molecule has 0 aliphatic heterocycles. The summed E-state index contributed by atoms with van der Waals surface area (Å²) in [6, 6.07) is 6.04. The van der Waals surface area contributed by atoms with Gasteiger partial charge < -0.3 is 9.51 Å². The van der Waals surface area contributed by atoms with Gasteiger partial charge in [0.2, 0.25) is 0 Å². The Kier molecular flexibility index (Phi) is 2.78. The normalized spacial score (nSPS) is 24.2. The lowest BCUT2D eigenvalue weighted by molar-refractivity contribution is -0.142. The van der Waals surface area contributed by atoms with E-state index in [1.54, 1.807) is 0 Å². The summed E-state index contributed by atoms with van der Waals surface area (Å²) in [7, 11) is 0. The lowest BCUT2D eigenvalue weighted by atomic mass is 9.81. The maximum Gasteiger partial charge on any atom is 0.306 e. The predicted octanol–water partition coefficient (Wildman–Crippen LogP) is 2.69. The first-order valence-corrected chi connectivity index (χ1v) is 6.40. The topological polar surface area (TPSA) is 54.6 Å². The first-order valence-electron chi connectivity index (χ1n) is 6.40. The zero-order chi connectivity index (χ0) is 12.5. The van der Waals surface area contributed by atoms with Gasteiger partial charge in [-0.2, -0.15) is 0 Å². The van der Waals surface area contributed by atoms with Crippen molar-refractivity contribution in [1.29, 1.82) is 0 Å². The van der Waals surface area contributed by atoms with E-state index in [2.05, 4.69) is 9.38 Å². The van der Waals surface area contributed by atoms with Crippen molar-refractivity contribution >= 4 is 11.5 Å². The summed E-state index contributed by atoms with van der Waals surface area (Å²) in [6.45, 7) is 0. The molecule has 4 nitrogen and oxygen atoms in total. The molecule has 0 amide bonds. The zero-order valence-electron chi connectivity index (χ0n) is 10.1. The average Bonchev–Trinajstić information content (AvgIpc) is 2.82. The Morgan fingerprint density at radius 3 is 2.78 bits per heavy atom. The van der Waals surface area contributed by atoms with Crippen LogP contribution >= 0.6 is 0 Å². The van der Waals surface area contributed by atoms with E-state index in [-0.39, 0.29) is 5.92 Å². The fraction of sp³-hybridized carbons (Fsp3) is 0.429. The van der Waals surface area contributed by atoms with Crippen LogP contribution in [0.5, 0.6) is 0 Å². The van der Waals surface area contributed by atoms with Crippen LogP contribution < -0.4 is 0 Å². The molecule has 0 bridgehead atoms. The minimum atomic E-state index is -0.651. The van der Waals surface area contributed by atoms with Crippen LogP contribution in [-0.4, -0.2) is 20.5 Å². The van der Waals surface area contributed by atoms with Crippen molar-refractivity contribution in [3.63, 3.8) is 0 Å². The van der Waals surface area contributed by atoms with Crippen molar-refractivity contribution in [2.24, 2.45) is 5.92 Å². The molecule has 1 N–H and O–H groups in total. The number of aliphatic carboxylic acids is 1. The molecule has 1 aliphatic rings. The number of pyridine rings is 1. The van der Waals surface area contributed by atoms with Gasteiger partial charge in [-0.15, -0.1) is 0 Å². The summed E-state index contributed by atoms with van der Waals surface area (Å²) in [6.07, 6.45) is 7.29. The molecular formula is C14H16N2O2. The van der Waals surface area contributed by atoms with Gasteiger partial charge in [-0.1, -0.05) is 6.07 Å². The van der Waals surface area contributed by atoms with Gasteiger partial charge in [-0.3, -0.25) is 4.79 Å². The average molecular weight is 244 g/mol. The van der Waals surface area contributed by atoms with E-state index in [1.807, 2.05) is 30.6 Å². The van der Waals surface area contributed by atoms with Gasteiger partial charge in [-0.05, 0) is 37.8 Å². The summed E-state index contributed by atoms with van der Waals surface area (Å²) in [5.41, 5.74) is 1.10. The number of carboxylic acids is 1. The van der Waals surface area contributed by atoms with Crippen LogP contribution in [0.4, 0.5) is 0 Å². The molecule has 0 spiro atoms. The summed E-state index contributed by atoms with van der Waals surface area (Å²) in [5.74, 6) is 0.661. The molecule has 1 saturated carbocycles. The molecule has 2 heterocycles. The van der Waals surface area contributed by atoms with Crippen LogP contribution in [0.25, 0.3) is 5.52 Å². The molecule has 1 aliphatic carbocycles. The molecule has 94 valence electrons. The van der Waals surface area contributed by atoms with E-state index >= 15 is 0 Å². The van der Waals surface area contributed by atoms with Crippen molar-refractivity contribution in [2.45, 2.75) is 31.6 Å². The van der Waals surface area contributed by atoms with E-state index in [0.29, 0.717) is 5.92 Å². The summed E-state index contributed by atoms with van der Waals surface area (Å²) < 4.78 is 2.12. The molecule has 4 heteroatoms. The fourth-order valence-corrected chi connectivity index (χ4v) is 2.87. The number of aromatic nitrogens is 2. The summed E-state index contributed by atoms with van der Waals surface area (Å²) >= 11 is 0. The monoisotopic (exact) mass is 244 g/mol. The number of imidazole rings is 1. The van der Waals surface area contributed by atoms with E-state index < -0.39 is 5.97 Å². The number of hydrogen-bond donors (Lipinski definition) is 1. The molecule has 0 aromatic carbocycles. The van der Waals surface area contributed by atoms with Gasteiger partial charge in [0.25, 0.3) is 0 Å². The van der Waals surface area contributed by atoms with Gasteiger partial charge in [0.1, 0.15) is 5.82 Å². The van der Waals surface area contributed by atoms with Crippen molar-refractivity contribution < 1.29 is 9.90 Å². The Labute approximate surface area is 105 Å². The van der Waals surface area contributed by atoms with E-state index in [9.17, 15) is 4.79 Å². The third-order valence-corrected chi connectivity index (χ3v) is 3.91. The van der Waals surface area contributed by atoms with Crippen molar-refractivity contribution in [2.75, 3.05) is 0 Å². The second kappa shape index (κ2) is 4.44. The van der Waals surface area contributed by atoms with Crippen LogP contribution in [0.2, 0.25) is 0 Å². The largest absolute Gasteiger partial charge is 0.481 e. The van der Waals surface area contributed by atoms with E-state index in [4.69, 9.17) is 5.11 Å². The maximum atomic E-state index is 10.9. The van der Waals surface area contributed by atoms with Crippen molar-refractivity contribution in [1.82, 2.24) is 9.38 Å². The number of rotatable bonds is 2. The number of hydrogen-bond acceptors (Lipinski definition) is 2. The van der Waals surface area contributed by atoms with Gasteiger partial charge in [0.05, 0.1) is 17.6 Å². The molecule has 0 radical (unpaired) electrons. The third kappa shape index (κ3) is 1.88. The Bertz CT molecular complexity index is 568. The fourth-order valence-electron chi connectivity index (χ4n) is 2.87. The van der Waals surface area contributed by atoms with Gasteiger partial charge in [-0.25, -0.2) is 4.98 Å². The molecular weight excluding hydrogens is 228 g/mol. The highest BCUT2D eigenvalue weighted by atomic mass is 16.4. The molecule has 3 rings (SSSR count). The standard InChI is InChI=1S/C14H16N2O2/c17-14(18)11-6-4-10(5-7-11)13-15-9-12-3-1-2-8-16(12)13/h1-3,8-11H,4-7H2,(H,17,18). The minimum Gasteiger partial charge on any atom is -0.481 e. The molecule has 0 atom stereocenters. The van der Waals surface area contributed by atoms with Crippen molar-refractivity contribution in [3.8, 4) is 0 Å². The summed E-state index contributed by atoms with van der Waals surface area (Å²) in [5, 5.41) is 9.01. The van der Waals surface area contributed by atoms with Gasteiger partial charge in [0, 0.05) is 12.1 Å². The van der Waals surface area contributed by atoms with E-state index in [0.717, 1.165) is 37.0 Å². The molecule has 0 saturated heterocycles. The Balaban J connectivity index is 1.82. The van der Waals surface area contributed by atoms with Crippen LogP contribution in [0.1, 0.15) is 37.4 Å². The highest BCUT2D eigenvalue weighted by Gasteiger charge is 2.28. The summed E-state index contributed by atoms with van der Waals surface area (Å²) in [4.78, 5) is 15.4. The number of carboxylic acid groups (broad SMARTS) is 1. The predicted molar refractivity (Wildman–Crippen MR) is 67.5 cm³/mol. The number of fused-ring (bicyclic) bond motifs is 1. The lowest BCUT2D eigenvalue weighted by Gasteiger charge is -2.25.